The molecule has 1 fully saturated rings. The number of hydrogen-bond acceptors (Lipinski definition) is 6. The third-order valence-electron chi connectivity index (χ3n) is 5.37. The van der Waals surface area contributed by atoms with Crippen molar-refractivity contribution in [3.63, 3.8) is 0 Å². The van der Waals surface area contributed by atoms with Crippen LogP contribution in [0.3, 0.4) is 0 Å². The Hall–Kier alpha value is -1.99. The summed E-state index contributed by atoms with van der Waals surface area (Å²) in [7, 11) is -3.85. The number of nitrogens with zero attached hydrogens (tertiary/aromatic N) is 2. The number of benzene rings is 1. The van der Waals surface area contributed by atoms with Crippen LogP contribution in [0.1, 0.15) is 25.0 Å². The van der Waals surface area contributed by atoms with Crippen molar-refractivity contribution in [3.05, 3.63) is 42.4 Å². The summed E-state index contributed by atoms with van der Waals surface area (Å²) in [5.74, 6) is -0.592. The van der Waals surface area contributed by atoms with Gasteiger partial charge in [-0.25, -0.2) is 4.98 Å². The lowest BCUT2D eigenvalue weighted by molar-refractivity contribution is -0.141. The Kier molecular flexibility index (Phi) is 6.35. The molecule has 1 saturated heterocycles. The van der Waals surface area contributed by atoms with Gasteiger partial charge in [-0.1, -0.05) is 36.8 Å². The van der Waals surface area contributed by atoms with Crippen molar-refractivity contribution in [2.45, 2.75) is 31.0 Å². The van der Waals surface area contributed by atoms with E-state index in [1.807, 2.05) is 35.2 Å². The summed E-state index contributed by atoms with van der Waals surface area (Å²) >= 11 is 0. The molecule has 0 amide bonds. The molecule has 4 N–H and O–H groups in total. The first-order valence-electron chi connectivity index (χ1n) is 9.35. The van der Waals surface area contributed by atoms with Crippen LogP contribution in [-0.4, -0.2) is 56.8 Å². The zero-order valence-electron chi connectivity index (χ0n) is 15.7. The molecule has 152 valence electrons. The number of rotatable bonds is 8. The molecule has 1 aromatic carbocycles. The van der Waals surface area contributed by atoms with E-state index in [9.17, 15) is 19.4 Å². The lowest BCUT2D eigenvalue weighted by Crippen LogP contribution is -2.54. The van der Waals surface area contributed by atoms with Gasteiger partial charge in [0.25, 0.3) is 0 Å². The fraction of sp³-hybridized carbons (Fsp3) is 0.474. The fourth-order valence-electron chi connectivity index (χ4n) is 3.74. The topological polar surface area (TPSA) is 130 Å². The Morgan fingerprint density at radius 2 is 2.07 bits per heavy atom. The van der Waals surface area contributed by atoms with E-state index in [0.717, 1.165) is 5.56 Å². The van der Waals surface area contributed by atoms with E-state index in [1.54, 1.807) is 0 Å². The van der Waals surface area contributed by atoms with Crippen LogP contribution in [0, 0.1) is 0 Å². The van der Waals surface area contributed by atoms with Gasteiger partial charge in [-0.05, 0) is 19.4 Å². The van der Waals surface area contributed by atoms with Crippen LogP contribution in [0.2, 0.25) is 0 Å². The third-order valence-corrected chi connectivity index (χ3v) is 8.07. The SMILES string of the molecule is NCCCCC1(C(=O)O)CN(Cc2ncoc2-c2ccccc2)CCP1(=O)O. The van der Waals surface area contributed by atoms with Crippen LogP contribution in [0.15, 0.2) is 41.1 Å². The molecule has 0 radical (unpaired) electrons. The fourth-order valence-corrected chi connectivity index (χ4v) is 5.95. The Balaban J connectivity index is 1.82. The average molecular weight is 407 g/mol. The molecule has 2 heterocycles. The van der Waals surface area contributed by atoms with Gasteiger partial charge >= 0.3 is 5.97 Å². The van der Waals surface area contributed by atoms with Gasteiger partial charge < -0.3 is 20.2 Å². The van der Waals surface area contributed by atoms with Gasteiger partial charge in [0, 0.05) is 31.4 Å². The summed E-state index contributed by atoms with van der Waals surface area (Å²) in [6, 6.07) is 9.54. The predicted octanol–water partition coefficient (Wildman–Crippen LogP) is 2.38. The van der Waals surface area contributed by atoms with Gasteiger partial charge in [0.15, 0.2) is 17.3 Å². The number of carboxylic acid groups (broad SMARTS) is 1. The van der Waals surface area contributed by atoms with Gasteiger partial charge in [-0.2, -0.15) is 0 Å². The molecule has 3 rings (SSSR count). The van der Waals surface area contributed by atoms with Gasteiger partial charge in [0.1, 0.15) is 5.69 Å². The van der Waals surface area contributed by atoms with Crippen molar-refractivity contribution in [2.24, 2.45) is 5.73 Å². The highest BCUT2D eigenvalue weighted by molar-refractivity contribution is 7.61. The molecule has 28 heavy (non-hydrogen) atoms. The molecule has 9 heteroatoms. The highest BCUT2D eigenvalue weighted by atomic mass is 31.2. The number of oxazole rings is 1. The molecule has 2 unspecified atom stereocenters. The number of hydrogen-bond donors (Lipinski definition) is 3. The van der Waals surface area contributed by atoms with Gasteiger partial charge in [-0.3, -0.25) is 14.3 Å². The second kappa shape index (κ2) is 8.57. The maximum Gasteiger partial charge on any atom is 0.320 e. The average Bonchev–Trinajstić information content (AvgIpc) is 3.13. The van der Waals surface area contributed by atoms with Crippen LogP contribution >= 0.6 is 7.37 Å². The maximum atomic E-state index is 12.8. The highest BCUT2D eigenvalue weighted by Gasteiger charge is 2.56. The molecule has 8 nitrogen and oxygen atoms in total. The van der Waals surface area contributed by atoms with E-state index in [4.69, 9.17) is 10.2 Å². The Labute approximate surface area is 163 Å². The van der Waals surface area contributed by atoms with Crippen molar-refractivity contribution in [1.82, 2.24) is 9.88 Å². The summed E-state index contributed by atoms with van der Waals surface area (Å²) in [6.45, 7) is 1.11. The highest BCUT2D eigenvalue weighted by Crippen LogP contribution is 2.59. The van der Waals surface area contributed by atoms with E-state index in [-0.39, 0.29) is 19.1 Å². The minimum absolute atomic E-state index is 0.00176. The normalized spacial score (nSPS) is 25.6. The molecule has 0 bridgehead atoms. The maximum absolute atomic E-state index is 12.8. The summed E-state index contributed by atoms with van der Waals surface area (Å²) in [5.41, 5.74) is 7.08. The van der Waals surface area contributed by atoms with Crippen LogP contribution in [0.4, 0.5) is 0 Å². The first-order chi connectivity index (χ1) is 13.4. The van der Waals surface area contributed by atoms with Crippen molar-refractivity contribution >= 4 is 13.3 Å². The molecular weight excluding hydrogens is 381 g/mol. The molecular formula is C19H26N3O5P. The second-order valence-corrected chi connectivity index (χ2v) is 9.92. The quantitative estimate of drug-likeness (QED) is 0.449. The lowest BCUT2D eigenvalue weighted by atomic mass is 9.99. The van der Waals surface area contributed by atoms with Crippen LogP contribution in [-0.2, 0) is 15.9 Å². The largest absolute Gasteiger partial charge is 0.480 e. The summed E-state index contributed by atoms with van der Waals surface area (Å²) in [6.07, 6.45) is 2.57. The van der Waals surface area contributed by atoms with Crippen LogP contribution < -0.4 is 5.73 Å². The van der Waals surface area contributed by atoms with E-state index in [2.05, 4.69) is 4.98 Å². The smallest absolute Gasteiger partial charge is 0.320 e. The second-order valence-electron chi connectivity index (χ2n) is 7.21. The Morgan fingerprint density at radius 1 is 1.32 bits per heavy atom. The first-order valence-corrected chi connectivity index (χ1v) is 11.2. The van der Waals surface area contributed by atoms with E-state index in [0.29, 0.717) is 43.9 Å². The molecule has 0 aliphatic carbocycles. The predicted molar refractivity (Wildman–Crippen MR) is 105 cm³/mol. The summed E-state index contributed by atoms with van der Waals surface area (Å²) in [4.78, 5) is 28.8. The molecule has 2 aromatic rings. The molecule has 0 saturated carbocycles. The van der Waals surface area contributed by atoms with Crippen molar-refractivity contribution in [2.75, 3.05) is 25.8 Å². The zero-order valence-corrected chi connectivity index (χ0v) is 16.6. The molecule has 0 spiro atoms. The lowest BCUT2D eigenvalue weighted by Gasteiger charge is -2.42. The molecule has 1 aliphatic rings. The third kappa shape index (κ3) is 4.05. The summed E-state index contributed by atoms with van der Waals surface area (Å²) in [5, 5.41) is 8.21. The number of nitrogens with two attached hydrogens (primary N) is 1. The van der Waals surface area contributed by atoms with Gasteiger partial charge in [0.05, 0.1) is 0 Å². The van der Waals surface area contributed by atoms with Crippen LogP contribution in [0.25, 0.3) is 11.3 Å². The van der Waals surface area contributed by atoms with E-state index >= 15 is 0 Å². The van der Waals surface area contributed by atoms with E-state index < -0.39 is 18.5 Å². The Bertz CT molecular complexity index is 856. The minimum Gasteiger partial charge on any atom is -0.480 e. The number of carboxylic acids is 1. The van der Waals surface area contributed by atoms with Crippen molar-refractivity contribution in [3.8, 4) is 11.3 Å². The molecule has 1 aliphatic heterocycles. The summed E-state index contributed by atoms with van der Waals surface area (Å²) < 4.78 is 18.4. The number of carbonyl (C=O) groups is 1. The monoisotopic (exact) mass is 407 g/mol. The number of aliphatic carboxylic acids is 1. The molecule has 2 atom stereocenters. The van der Waals surface area contributed by atoms with Crippen molar-refractivity contribution < 1.29 is 23.8 Å². The zero-order chi connectivity index (χ0) is 20.2. The number of aromatic nitrogens is 1. The molecule has 1 aromatic heterocycles. The first kappa shape index (κ1) is 20.7. The van der Waals surface area contributed by atoms with E-state index in [1.165, 1.54) is 6.39 Å². The van der Waals surface area contributed by atoms with Gasteiger partial charge in [-0.15, -0.1) is 0 Å². The van der Waals surface area contributed by atoms with Gasteiger partial charge in [0.2, 0.25) is 7.37 Å². The minimum atomic E-state index is -3.85. The number of unbranched alkanes of at least 4 members (excludes halogenated alkanes) is 1. The standard InChI is InChI=1S/C19H26N3O5P/c20-9-5-4-8-19(18(23)24)13-22(10-11-28(19,25)26)12-16-17(27-14-21-16)15-6-2-1-3-7-15/h1-3,6-7,14H,4-5,8-13,20H2,(H,23,24)(H,25,26). The van der Waals surface area contributed by atoms with Crippen molar-refractivity contribution in [1.29, 1.82) is 0 Å². The van der Waals surface area contributed by atoms with Crippen LogP contribution in [0.5, 0.6) is 0 Å². The Morgan fingerprint density at radius 3 is 2.75 bits per heavy atom.